The van der Waals surface area contributed by atoms with Gasteiger partial charge < -0.3 is 38.1 Å². The molecule has 0 spiro atoms. The van der Waals surface area contributed by atoms with Crippen molar-refractivity contribution in [2.75, 3.05) is 47.5 Å². The molecule has 1 unspecified atom stereocenters. The van der Waals surface area contributed by atoms with E-state index in [0.29, 0.717) is 36.7 Å². The van der Waals surface area contributed by atoms with Gasteiger partial charge in [0.2, 0.25) is 0 Å². The normalized spacial score (nSPS) is 15.1. The number of hydrogen-bond donors (Lipinski definition) is 2. The van der Waals surface area contributed by atoms with Crippen LogP contribution in [0.4, 0.5) is 0 Å². The SMILES string of the molecule is CCCCC/C=C\C[C@H](O)/C=C/C=C/C=C\[C@H](O)CCCC(=O)O[C@H](COC(=O)CCCCCCCCCCCCCCCCC)COP(=O)([O-])OCC[N+](C)(C)C. The monoisotopic (exact) mass is 842 g/mol. The summed E-state index contributed by atoms with van der Waals surface area (Å²) in [5.41, 5.74) is 0. The summed E-state index contributed by atoms with van der Waals surface area (Å²) in [6.07, 6.45) is 36.2. The molecule has 338 valence electrons. The van der Waals surface area contributed by atoms with Crippen molar-refractivity contribution in [1.29, 1.82) is 0 Å². The van der Waals surface area contributed by atoms with Gasteiger partial charge in [-0.3, -0.25) is 14.2 Å². The van der Waals surface area contributed by atoms with Crippen LogP contribution in [0.3, 0.4) is 0 Å². The number of rotatable bonds is 40. The Hall–Kier alpha value is -2.11. The van der Waals surface area contributed by atoms with Crippen LogP contribution in [-0.2, 0) is 32.7 Å². The van der Waals surface area contributed by atoms with Gasteiger partial charge in [0, 0.05) is 12.8 Å². The average Bonchev–Trinajstić information content (AvgIpc) is 3.16. The van der Waals surface area contributed by atoms with Crippen LogP contribution < -0.4 is 4.89 Å². The topological polar surface area (TPSA) is 152 Å². The lowest BCUT2D eigenvalue weighted by Crippen LogP contribution is -2.37. The molecule has 0 heterocycles. The number of hydrogen-bond acceptors (Lipinski definition) is 10. The zero-order valence-electron chi connectivity index (χ0n) is 37.2. The molecular formula is C46H84NO10P. The van der Waals surface area contributed by atoms with Crippen LogP contribution in [0.15, 0.2) is 48.6 Å². The van der Waals surface area contributed by atoms with Crippen molar-refractivity contribution in [3.8, 4) is 0 Å². The molecule has 0 aliphatic carbocycles. The van der Waals surface area contributed by atoms with Crippen LogP contribution in [0.1, 0.15) is 168 Å². The van der Waals surface area contributed by atoms with Gasteiger partial charge in [0.15, 0.2) is 6.10 Å². The Bertz CT molecular complexity index is 1170. The molecule has 12 heteroatoms. The quantitative estimate of drug-likeness (QED) is 0.0152. The molecule has 0 saturated heterocycles. The van der Waals surface area contributed by atoms with Gasteiger partial charge in [0.05, 0.1) is 40.0 Å². The Morgan fingerprint density at radius 2 is 1.16 bits per heavy atom. The van der Waals surface area contributed by atoms with Gasteiger partial charge in [-0.1, -0.05) is 165 Å². The summed E-state index contributed by atoms with van der Waals surface area (Å²) in [5.74, 6) is -1.07. The Morgan fingerprint density at radius 1 is 0.638 bits per heavy atom. The Labute approximate surface area is 353 Å². The van der Waals surface area contributed by atoms with E-state index in [1.807, 2.05) is 27.2 Å². The Morgan fingerprint density at radius 3 is 1.72 bits per heavy atom. The number of aliphatic hydroxyl groups excluding tert-OH is 2. The molecule has 0 rings (SSSR count). The minimum Gasteiger partial charge on any atom is -0.756 e. The molecule has 11 nitrogen and oxygen atoms in total. The summed E-state index contributed by atoms with van der Waals surface area (Å²) in [6.45, 7) is 3.88. The summed E-state index contributed by atoms with van der Waals surface area (Å²) in [4.78, 5) is 37.6. The van der Waals surface area contributed by atoms with Crippen molar-refractivity contribution in [3.05, 3.63) is 48.6 Å². The molecule has 4 atom stereocenters. The predicted octanol–water partition coefficient (Wildman–Crippen LogP) is 10.00. The minimum absolute atomic E-state index is 0.0347. The standard InChI is InChI=1S/C46H84NO10P/c1-6-8-10-12-14-15-16-17-18-19-20-21-22-24-30-36-45(50)54-40-44(41-56-58(52,53)55-39-38-47(3,4)5)57-46(51)37-31-35-43(49)34-29-26-25-28-33-42(48)32-27-23-13-11-9-7-2/h23,25-29,33-34,42-44,48-49H,6-22,24,30-32,35-41H2,1-5H3/b26-25+,27-23-,33-28+,34-29-/t42-,43-,44+/m0/s1. The number of phosphoric ester groups is 1. The third-order valence-electron chi connectivity index (χ3n) is 9.54. The van der Waals surface area contributed by atoms with E-state index in [1.54, 1.807) is 36.5 Å². The highest BCUT2D eigenvalue weighted by Crippen LogP contribution is 2.38. The van der Waals surface area contributed by atoms with Crippen molar-refractivity contribution >= 4 is 19.8 Å². The lowest BCUT2D eigenvalue weighted by atomic mass is 10.0. The van der Waals surface area contributed by atoms with E-state index in [9.17, 15) is 29.3 Å². The zero-order chi connectivity index (χ0) is 43.2. The number of quaternary nitrogens is 1. The molecule has 0 bridgehead atoms. The fourth-order valence-corrected chi connectivity index (χ4v) is 6.64. The number of allylic oxidation sites excluding steroid dienone is 5. The van der Waals surface area contributed by atoms with Crippen molar-refractivity contribution < 1.29 is 52.3 Å². The second-order valence-corrected chi connectivity index (χ2v) is 17.9. The lowest BCUT2D eigenvalue weighted by molar-refractivity contribution is -0.870. The highest BCUT2D eigenvalue weighted by Gasteiger charge is 2.22. The summed E-state index contributed by atoms with van der Waals surface area (Å²) in [7, 11) is 1.01. The number of phosphoric acid groups is 1. The molecule has 0 saturated carbocycles. The maximum atomic E-state index is 12.7. The smallest absolute Gasteiger partial charge is 0.306 e. The van der Waals surface area contributed by atoms with E-state index >= 15 is 0 Å². The molecule has 0 aliphatic heterocycles. The van der Waals surface area contributed by atoms with Crippen LogP contribution in [-0.4, -0.2) is 92.5 Å². The molecule has 0 radical (unpaired) electrons. The van der Waals surface area contributed by atoms with Crippen LogP contribution in [0.25, 0.3) is 0 Å². The van der Waals surface area contributed by atoms with Crippen molar-refractivity contribution in [1.82, 2.24) is 0 Å². The van der Waals surface area contributed by atoms with Gasteiger partial charge in [-0.25, -0.2) is 0 Å². The number of esters is 2. The van der Waals surface area contributed by atoms with Crippen LogP contribution in [0, 0.1) is 0 Å². The van der Waals surface area contributed by atoms with E-state index in [0.717, 1.165) is 25.7 Å². The van der Waals surface area contributed by atoms with Crippen molar-refractivity contribution in [2.24, 2.45) is 0 Å². The Kier molecular flexibility index (Phi) is 36.5. The average molecular weight is 842 g/mol. The number of unbranched alkanes of at least 4 members (excludes halogenated alkanes) is 17. The van der Waals surface area contributed by atoms with Crippen molar-refractivity contribution in [2.45, 2.75) is 186 Å². The molecule has 0 aromatic rings. The predicted molar refractivity (Wildman–Crippen MR) is 234 cm³/mol. The summed E-state index contributed by atoms with van der Waals surface area (Å²) < 4.78 is 33.7. The molecule has 0 aliphatic rings. The van der Waals surface area contributed by atoms with Gasteiger partial charge in [0.1, 0.15) is 19.8 Å². The number of carbonyl (C=O) groups is 2. The molecule has 0 fully saturated rings. The molecule has 0 aromatic heterocycles. The van der Waals surface area contributed by atoms with Gasteiger partial charge >= 0.3 is 11.9 Å². The lowest BCUT2D eigenvalue weighted by Gasteiger charge is -2.28. The van der Waals surface area contributed by atoms with Crippen LogP contribution in [0.2, 0.25) is 0 Å². The summed E-state index contributed by atoms with van der Waals surface area (Å²) in [5, 5.41) is 20.4. The molecule has 2 N–H and O–H groups in total. The molecular weight excluding hydrogens is 757 g/mol. The molecule has 0 aromatic carbocycles. The fourth-order valence-electron chi connectivity index (χ4n) is 5.91. The van der Waals surface area contributed by atoms with Gasteiger partial charge in [-0.15, -0.1) is 0 Å². The maximum Gasteiger partial charge on any atom is 0.306 e. The van der Waals surface area contributed by atoms with Crippen LogP contribution >= 0.6 is 7.82 Å². The summed E-state index contributed by atoms with van der Waals surface area (Å²) >= 11 is 0. The van der Waals surface area contributed by atoms with Gasteiger partial charge in [-0.05, 0) is 38.5 Å². The number of carbonyl (C=O) groups excluding carboxylic acids is 2. The van der Waals surface area contributed by atoms with E-state index in [2.05, 4.69) is 19.9 Å². The Balaban J connectivity index is 4.61. The molecule has 0 amide bonds. The van der Waals surface area contributed by atoms with Crippen molar-refractivity contribution in [3.63, 3.8) is 0 Å². The van der Waals surface area contributed by atoms with E-state index in [4.69, 9.17) is 18.5 Å². The first kappa shape index (κ1) is 55.9. The molecule has 58 heavy (non-hydrogen) atoms. The summed E-state index contributed by atoms with van der Waals surface area (Å²) in [6, 6.07) is 0. The zero-order valence-corrected chi connectivity index (χ0v) is 38.1. The number of likely N-dealkylation sites (N-methyl/N-ethyl adjacent to an activating group) is 1. The van der Waals surface area contributed by atoms with E-state index in [-0.39, 0.29) is 26.1 Å². The van der Waals surface area contributed by atoms with Gasteiger partial charge in [-0.2, -0.15) is 0 Å². The van der Waals surface area contributed by atoms with Gasteiger partial charge in [0.25, 0.3) is 7.82 Å². The largest absolute Gasteiger partial charge is 0.756 e. The fraction of sp³-hybridized carbons (Fsp3) is 0.783. The second kappa shape index (κ2) is 37.9. The third kappa shape index (κ3) is 40.7. The highest BCUT2D eigenvalue weighted by atomic mass is 31.2. The van der Waals surface area contributed by atoms with E-state index in [1.165, 1.54) is 89.9 Å². The first-order chi connectivity index (χ1) is 27.8. The number of nitrogens with zero attached hydrogens (tertiary/aromatic N) is 1. The second-order valence-electron chi connectivity index (χ2n) is 16.5. The number of ether oxygens (including phenoxy) is 2. The first-order valence-corrected chi connectivity index (χ1v) is 24.0. The minimum atomic E-state index is -4.69. The maximum absolute atomic E-state index is 12.7. The van der Waals surface area contributed by atoms with E-state index < -0.39 is 44.7 Å². The third-order valence-corrected chi connectivity index (χ3v) is 10.5. The first-order valence-electron chi connectivity index (χ1n) is 22.6. The van der Waals surface area contributed by atoms with Crippen LogP contribution in [0.5, 0.6) is 0 Å². The highest BCUT2D eigenvalue weighted by molar-refractivity contribution is 7.45. The number of aliphatic hydroxyl groups is 2.